The van der Waals surface area contributed by atoms with Gasteiger partial charge in [-0.15, -0.1) is 0 Å². The van der Waals surface area contributed by atoms with Gasteiger partial charge in [-0.3, -0.25) is 9.79 Å². The monoisotopic (exact) mass is 373 g/mol. The third-order valence-corrected chi connectivity index (χ3v) is 4.31. The predicted molar refractivity (Wildman–Crippen MR) is 110 cm³/mol. The zero-order valence-electron chi connectivity index (χ0n) is 17.0. The van der Waals surface area contributed by atoms with Crippen LogP contribution in [0, 0.1) is 5.41 Å². The van der Waals surface area contributed by atoms with Crippen LogP contribution in [0.3, 0.4) is 0 Å². The first-order chi connectivity index (χ1) is 12.6. The highest BCUT2D eigenvalue weighted by molar-refractivity contribution is 6.08. The first kappa shape index (κ1) is 22.8. The second-order valence-corrected chi connectivity index (χ2v) is 7.03. The van der Waals surface area contributed by atoms with Gasteiger partial charge in [-0.05, 0) is 51.3 Å². The fraction of sp³-hybridized carbons (Fsp3) is 0.455. The van der Waals surface area contributed by atoms with Crippen LogP contribution < -0.4 is 0 Å². The van der Waals surface area contributed by atoms with Gasteiger partial charge < -0.3 is 14.6 Å². The molecule has 0 aromatic heterocycles. The molecule has 1 saturated heterocycles. The first-order valence-electron chi connectivity index (χ1n) is 9.03. The summed E-state index contributed by atoms with van der Waals surface area (Å²) in [7, 11) is 0. The van der Waals surface area contributed by atoms with E-state index in [9.17, 15) is 9.90 Å². The topological polar surface area (TPSA) is 68.1 Å². The van der Waals surface area contributed by atoms with E-state index in [1.54, 1.807) is 32.1 Å². The Morgan fingerprint density at radius 3 is 2.30 bits per heavy atom. The molecular weight excluding hydrogens is 342 g/mol. The highest BCUT2D eigenvalue weighted by Crippen LogP contribution is 2.32. The van der Waals surface area contributed by atoms with Crippen LogP contribution in [-0.4, -0.2) is 35.8 Å². The van der Waals surface area contributed by atoms with E-state index in [2.05, 4.69) is 18.2 Å². The van der Waals surface area contributed by atoms with Crippen molar-refractivity contribution in [1.82, 2.24) is 0 Å². The highest BCUT2D eigenvalue weighted by atomic mass is 16.7. The van der Waals surface area contributed by atoms with Crippen molar-refractivity contribution in [2.24, 2.45) is 10.4 Å². The minimum absolute atomic E-state index is 0.0379. The molecule has 0 atom stereocenters. The first-order valence-corrected chi connectivity index (χ1v) is 9.03. The summed E-state index contributed by atoms with van der Waals surface area (Å²) >= 11 is 0. The third kappa shape index (κ3) is 6.45. The third-order valence-electron chi connectivity index (χ3n) is 4.31. The molecule has 1 N–H and O–H groups in total. The number of carboxylic acids is 1. The van der Waals surface area contributed by atoms with Crippen LogP contribution in [0.4, 0.5) is 0 Å². The van der Waals surface area contributed by atoms with Crippen molar-refractivity contribution in [3.05, 3.63) is 60.4 Å². The molecule has 5 heteroatoms. The molecule has 0 amide bonds. The van der Waals surface area contributed by atoms with Gasteiger partial charge in [0.2, 0.25) is 0 Å². The Morgan fingerprint density at radius 2 is 1.89 bits per heavy atom. The van der Waals surface area contributed by atoms with Gasteiger partial charge in [0, 0.05) is 5.70 Å². The molecule has 0 unspecified atom stereocenters. The van der Waals surface area contributed by atoms with Gasteiger partial charge in [0.1, 0.15) is 5.41 Å². The molecule has 5 nitrogen and oxygen atoms in total. The Bertz CT molecular complexity index is 698. The molecule has 27 heavy (non-hydrogen) atoms. The Labute approximate surface area is 162 Å². The van der Waals surface area contributed by atoms with E-state index in [0.29, 0.717) is 0 Å². The number of rotatable bonds is 8. The second-order valence-electron chi connectivity index (χ2n) is 7.03. The molecule has 0 aromatic carbocycles. The SMILES string of the molecule is C=CC(/C=C/C1(C(=O)O)COC(C)(C)OC1)=C\C(=N\C(=C/C)CC)C(=C)C. The Morgan fingerprint density at radius 1 is 1.30 bits per heavy atom. The number of aliphatic carboxylic acids is 1. The maximum atomic E-state index is 11.8. The molecule has 0 spiro atoms. The highest BCUT2D eigenvalue weighted by Gasteiger charge is 2.44. The lowest BCUT2D eigenvalue weighted by Crippen LogP contribution is -2.49. The summed E-state index contributed by atoms with van der Waals surface area (Å²) in [6, 6.07) is 0. The predicted octanol–water partition coefficient (Wildman–Crippen LogP) is 4.84. The van der Waals surface area contributed by atoms with Crippen LogP contribution in [0.1, 0.15) is 41.0 Å². The van der Waals surface area contributed by atoms with Gasteiger partial charge in [-0.25, -0.2) is 0 Å². The molecule has 0 bridgehead atoms. The fourth-order valence-electron chi connectivity index (χ4n) is 2.32. The summed E-state index contributed by atoms with van der Waals surface area (Å²) in [5.41, 5.74) is 1.99. The molecule has 1 rings (SSSR count). The van der Waals surface area contributed by atoms with E-state index in [1.165, 1.54) is 0 Å². The smallest absolute Gasteiger partial charge is 0.318 e. The van der Waals surface area contributed by atoms with Crippen molar-refractivity contribution in [1.29, 1.82) is 0 Å². The maximum absolute atomic E-state index is 11.8. The van der Waals surface area contributed by atoms with Crippen LogP contribution >= 0.6 is 0 Å². The zero-order valence-corrected chi connectivity index (χ0v) is 17.0. The van der Waals surface area contributed by atoms with Crippen molar-refractivity contribution in [2.75, 3.05) is 13.2 Å². The molecule has 0 aliphatic carbocycles. The number of hydrogen-bond acceptors (Lipinski definition) is 4. The number of carbonyl (C=O) groups is 1. The van der Waals surface area contributed by atoms with Gasteiger partial charge in [0.05, 0.1) is 18.9 Å². The lowest BCUT2D eigenvalue weighted by atomic mass is 9.87. The number of allylic oxidation sites excluding steroid dienone is 7. The second kappa shape index (κ2) is 9.62. The molecular formula is C22H31NO4. The Kier molecular flexibility index (Phi) is 8.13. The average molecular weight is 373 g/mol. The zero-order chi connectivity index (χ0) is 20.7. The van der Waals surface area contributed by atoms with Crippen molar-refractivity contribution in [3.8, 4) is 0 Å². The summed E-state index contributed by atoms with van der Waals surface area (Å²) in [4.78, 5) is 16.5. The molecule has 148 valence electrons. The molecule has 1 aliphatic rings. The van der Waals surface area contributed by atoms with Crippen LogP contribution in [0.5, 0.6) is 0 Å². The standard InChI is InChI=1S/C22H31NO4/c1-8-17(13-19(16(4)5)23-18(9-2)10-3)11-12-22(20(24)25)14-26-21(6,7)27-15-22/h8-9,11-13H,1,4,10,14-15H2,2-3,5-7H3,(H,24,25)/b12-11+,17-13+,18-9-,23-19-. The van der Waals surface area contributed by atoms with Crippen molar-refractivity contribution < 1.29 is 19.4 Å². The maximum Gasteiger partial charge on any atom is 0.318 e. The fourth-order valence-corrected chi connectivity index (χ4v) is 2.32. The lowest BCUT2D eigenvalue weighted by Gasteiger charge is -2.39. The number of aliphatic imine (C=N–C) groups is 1. The van der Waals surface area contributed by atoms with E-state index in [1.807, 2.05) is 32.9 Å². The van der Waals surface area contributed by atoms with Crippen molar-refractivity contribution >= 4 is 11.7 Å². The normalized spacial score (nSPS) is 20.6. The number of carboxylic acid groups (broad SMARTS) is 1. The van der Waals surface area contributed by atoms with Crippen LogP contribution in [0.2, 0.25) is 0 Å². The van der Waals surface area contributed by atoms with E-state index in [4.69, 9.17) is 9.47 Å². The van der Waals surface area contributed by atoms with Crippen LogP contribution in [-0.2, 0) is 14.3 Å². The Balaban J connectivity index is 3.19. The van der Waals surface area contributed by atoms with Crippen LogP contribution in [0.25, 0.3) is 0 Å². The minimum Gasteiger partial charge on any atom is -0.480 e. The molecule has 0 radical (unpaired) electrons. The summed E-state index contributed by atoms with van der Waals surface area (Å²) < 4.78 is 11.1. The van der Waals surface area contributed by atoms with Gasteiger partial charge in [0.15, 0.2) is 5.79 Å². The van der Waals surface area contributed by atoms with Gasteiger partial charge in [0.25, 0.3) is 0 Å². The lowest BCUT2D eigenvalue weighted by molar-refractivity contribution is -0.275. The van der Waals surface area contributed by atoms with Crippen molar-refractivity contribution in [2.45, 2.75) is 46.8 Å². The molecule has 1 fully saturated rings. The molecule has 0 saturated carbocycles. The minimum atomic E-state index is -1.24. The van der Waals surface area contributed by atoms with E-state index in [0.717, 1.165) is 29.0 Å². The molecule has 1 aliphatic heterocycles. The average Bonchev–Trinajstić information content (AvgIpc) is 2.62. The van der Waals surface area contributed by atoms with E-state index >= 15 is 0 Å². The number of hydrogen-bond donors (Lipinski definition) is 1. The summed E-state index contributed by atoms with van der Waals surface area (Å²) in [5, 5.41) is 9.70. The summed E-state index contributed by atoms with van der Waals surface area (Å²) in [6.45, 7) is 17.3. The van der Waals surface area contributed by atoms with E-state index < -0.39 is 17.2 Å². The van der Waals surface area contributed by atoms with Gasteiger partial charge in [-0.2, -0.15) is 0 Å². The van der Waals surface area contributed by atoms with Crippen LogP contribution in [0.15, 0.2) is 65.4 Å². The summed E-state index contributed by atoms with van der Waals surface area (Å²) in [5.74, 6) is -1.78. The number of ether oxygens (including phenoxy) is 2. The summed E-state index contributed by atoms with van der Waals surface area (Å²) in [6.07, 6.45) is 9.58. The van der Waals surface area contributed by atoms with Crippen molar-refractivity contribution in [3.63, 3.8) is 0 Å². The molecule has 0 aromatic rings. The van der Waals surface area contributed by atoms with Gasteiger partial charge >= 0.3 is 5.97 Å². The largest absolute Gasteiger partial charge is 0.480 e. The van der Waals surface area contributed by atoms with E-state index in [-0.39, 0.29) is 13.2 Å². The molecule has 1 heterocycles. The Hall–Kier alpha value is -2.24. The quantitative estimate of drug-likeness (QED) is 0.488. The van der Waals surface area contributed by atoms with Gasteiger partial charge in [-0.1, -0.05) is 44.4 Å². The number of nitrogens with zero attached hydrogens (tertiary/aromatic N) is 1.